The van der Waals surface area contributed by atoms with Crippen LogP contribution in [0.15, 0.2) is 48.8 Å². The van der Waals surface area contributed by atoms with Crippen molar-refractivity contribution in [2.45, 2.75) is 25.8 Å². The summed E-state index contributed by atoms with van der Waals surface area (Å²) in [7, 11) is 0. The first-order valence-corrected chi connectivity index (χ1v) is 10.1. The number of anilines is 2. The Balaban J connectivity index is 1.56. The lowest BCUT2D eigenvalue weighted by atomic mass is 9.99. The Bertz CT molecular complexity index is 964. The molecule has 1 fully saturated rings. The van der Waals surface area contributed by atoms with Gasteiger partial charge in [-0.15, -0.1) is 0 Å². The van der Waals surface area contributed by atoms with Gasteiger partial charge in [-0.05, 0) is 42.7 Å². The maximum atomic E-state index is 9.48. The number of aliphatic hydroxyl groups is 1. The predicted molar refractivity (Wildman–Crippen MR) is 115 cm³/mol. The van der Waals surface area contributed by atoms with Gasteiger partial charge in [0, 0.05) is 36.2 Å². The molecule has 28 heavy (non-hydrogen) atoms. The Kier molecular flexibility index (Phi) is 5.64. The van der Waals surface area contributed by atoms with Crippen LogP contribution in [0, 0.1) is 5.92 Å². The van der Waals surface area contributed by atoms with Crippen molar-refractivity contribution in [1.82, 2.24) is 9.97 Å². The van der Waals surface area contributed by atoms with Crippen LogP contribution in [0.2, 0.25) is 5.02 Å². The third kappa shape index (κ3) is 3.91. The van der Waals surface area contributed by atoms with Crippen molar-refractivity contribution >= 4 is 34.0 Å². The second-order valence-corrected chi connectivity index (χ2v) is 7.85. The minimum atomic E-state index is 0.0662. The van der Waals surface area contributed by atoms with E-state index in [9.17, 15) is 5.11 Å². The number of fused-ring (bicyclic) bond motifs is 1. The molecule has 0 radical (unpaired) electrons. The zero-order valence-corrected chi connectivity index (χ0v) is 16.7. The van der Waals surface area contributed by atoms with Gasteiger partial charge in [0.25, 0.3) is 0 Å². The Morgan fingerprint density at radius 3 is 2.86 bits per heavy atom. The van der Waals surface area contributed by atoms with Crippen LogP contribution >= 0.6 is 11.6 Å². The van der Waals surface area contributed by atoms with Gasteiger partial charge in [0.2, 0.25) is 0 Å². The number of benzene rings is 2. The standard InChI is InChI=1S/C22H25ClN4O/c1-15(17-8-9-20(23)19-7-3-2-6-18(17)19)26-21-11-22(25-14-24-21)27-10-4-5-16(12-27)13-28/h2-3,6-9,11,14-16,28H,4-5,10,12-13H2,1H3,(H,24,25,26). The van der Waals surface area contributed by atoms with Gasteiger partial charge in [-0.1, -0.05) is 41.9 Å². The fourth-order valence-electron chi connectivity index (χ4n) is 3.98. The molecule has 1 aromatic heterocycles. The van der Waals surface area contributed by atoms with Crippen molar-refractivity contribution in [2.75, 3.05) is 29.9 Å². The summed E-state index contributed by atoms with van der Waals surface area (Å²) in [5, 5.41) is 15.9. The zero-order valence-electron chi connectivity index (χ0n) is 16.0. The van der Waals surface area contributed by atoms with Gasteiger partial charge >= 0.3 is 0 Å². The third-order valence-electron chi connectivity index (χ3n) is 5.49. The second kappa shape index (κ2) is 8.33. The van der Waals surface area contributed by atoms with Gasteiger partial charge in [0.15, 0.2) is 0 Å². The summed E-state index contributed by atoms with van der Waals surface area (Å²) >= 11 is 6.36. The summed E-state index contributed by atoms with van der Waals surface area (Å²) in [4.78, 5) is 11.1. The lowest BCUT2D eigenvalue weighted by Gasteiger charge is -2.32. The van der Waals surface area contributed by atoms with Crippen molar-refractivity contribution in [2.24, 2.45) is 5.92 Å². The van der Waals surface area contributed by atoms with E-state index in [0.29, 0.717) is 5.92 Å². The Labute approximate surface area is 170 Å². The summed E-state index contributed by atoms with van der Waals surface area (Å²) < 4.78 is 0. The Morgan fingerprint density at radius 1 is 1.21 bits per heavy atom. The molecule has 3 aromatic rings. The number of rotatable bonds is 5. The largest absolute Gasteiger partial charge is 0.396 e. The van der Waals surface area contributed by atoms with Gasteiger partial charge in [0.1, 0.15) is 18.0 Å². The SMILES string of the molecule is CC(Nc1cc(N2CCCC(CO)C2)ncn1)c1ccc(Cl)c2ccccc12. The van der Waals surface area contributed by atoms with Crippen LogP contribution in [0.25, 0.3) is 10.8 Å². The van der Waals surface area contributed by atoms with E-state index in [1.165, 1.54) is 5.56 Å². The van der Waals surface area contributed by atoms with Crippen molar-refractivity contribution in [3.63, 3.8) is 0 Å². The second-order valence-electron chi connectivity index (χ2n) is 7.45. The summed E-state index contributed by atoms with van der Waals surface area (Å²) in [5.74, 6) is 2.02. The maximum Gasteiger partial charge on any atom is 0.134 e. The average Bonchev–Trinajstić information content (AvgIpc) is 2.74. The van der Waals surface area contributed by atoms with Gasteiger partial charge in [0.05, 0.1) is 6.04 Å². The number of hydrogen-bond acceptors (Lipinski definition) is 5. The van der Waals surface area contributed by atoms with E-state index in [1.54, 1.807) is 6.33 Å². The van der Waals surface area contributed by atoms with E-state index < -0.39 is 0 Å². The fraction of sp³-hybridized carbons (Fsp3) is 0.364. The zero-order chi connectivity index (χ0) is 19.5. The van der Waals surface area contributed by atoms with Crippen LogP contribution in [0.4, 0.5) is 11.6 Å². The number of halogens is 1. The highest BCUT2D eigenvalue weighted by atomic mass is 35.5. The maximum absolute atomic E-state index is 9.48. The minimum Gasteiger partial charge on any atom is -0.396 e. The number of nitrogens with one attached hydrogen (secondary N) is 1. The number of piperidine rings is 1. The quantitative estimate of drug-likeness (QED) is 0.656. The van der Waals surface area contributed by atoms with Crippen molar-refractivity contribution in [3.8, 4) is 0 Å². The third-order valence-corrected chi connectivity index (χ3v) is 5.82. The molecule has 0 bridgehead atoms. The van der Waals surface area contributed by atoms with Gasteiger partial charge in [-0.2, -0.15) is 0 Å². The number of aliphatic hydroxyl groups excluding tert-OH is 1. The first-order valence-electron chi connectivity index (χ1n) is 9.77. The smallest absolute Gasteiger partial charge is 0.134 e. The normalized spacial score (nSPS) is 18.2. The highest BCUT2D eigenvalue weighted by molar-refractivity contribution is 6.35. The molecule has 4 rings (SSSR count). The van der Waals surface area contributed by atoms with Crippen LogP contribution < -0.4 is 10.2 Å². The van der Waals surface area contributed by atoms with E-state index in [2.05, 4.69) is 39.2 Å². The molecule has 2 unspecified atom stereocenters. The van der Waals surface area contributed by atoms with Crippen molar-refractivity contribution in [3.05, 3.63) is 59.4 Å². The summed E-state index contributed by atoms with van der Waals surface area (Å²) in [6.45, 7) is 4.15. The molecular formula is C22H25ClN4O. The topological polar surface area (TPSA) is 61.3 Å². The summed E-state index contributed by atoms with van der Waals surface area (Å²) in [6, 6.07) is 14.3. The van der Waals surface area contributed by atoms with E-state index in [-0.39, 0.29) is 12.6 Å². The summed E-state index contributed by atoms with van der Waals surface area (Å²) in [6.07, 6.45) is 3.75. The first-order chi connectivity index (χ1) is 13.7. The molecular weight excluding hydrogens is 372 g/mol. The van der Waals surface area contributed by atoms with Crippen molar-refractivity contribution < 1.29 is 5.11 Å². The van der Waals surface area contributed by atoms with Gasteiger partial charge in [-0.25, -0.2) is 9.97 Å². The molecule has 1 aliphatic rings. The monoisotopic (exact) mass is 396 g/mol. The Morgan fingerprint density at radius 2 is 2.04 bits per heavy atom. The van der Waals surface area contributed by atoms with E-state index in [1.807, 2.05) is 30.3 Å². The van der Waals surface area contributed by atoms with Gasteiger partial charge < -0.3 is 15.3 Å². The van der Waals surface area contributed by atoms with Crippen LogP contribution in [0.5, 0.6) is 0 Å². The number of hydrogen-bond donors (Lipinski definition) is 2. The molecule has 0 aliphatic carbocycles. The van der Waals surface area contributed by atoms with E-state index in [4.69, 9.17) is 11.6 Å². The minimum absolute atomic E-state index is 0.0662. The molecule has 0 amide bonds. The van der Waals surface area contributed by atoms with Crippen LogP contribution in [0.1, 0.15) is 31.4 Å². The molecule has 2 atom stereocenters. The van der Waals surface area contributed by atoms with Gasteiger partial charge in [-0.3, -0.25) is 0 Å². The van der Waals surface area contributed by atoms with Crippen LogP contribution in [-0.4, -0.2) is 34.8 Å². The molecule has 146 valence electrons. The first kappa shape index (κ1) is 19.0. The fourth-order valence-corrected chi connectivity index (χ4v) is 4.21. The molecule has 1 saturated heterocycles. The van der Waals surface area contributed by atoms with Crippen molar-refractivity contribution in [1.29, 1.82) is 0 Å². The average molecular weight is 397 g/mol. The number of aromatic nitrogens is 2. The molecule has 0 spiro atoms. The van der Waals surface area contributed by atoms with Crippen LogP contribution in [-0.2, 0) is 0 Å². The molecule has 5 nitrogen and oxygen atoms in total. The molecule has 1 aliphatic heterocycles. The molecule has 0 saturated carbocycles. The highest BCUT2D eigenvalue weighted by Crippen LogP contribution is 2.31. The van der Waals surface area contributed by atoms with E-state index in [0.717, 1.165) is 53.4 Å². The summed E-state index contributed by atoms with van der Waals surface area (Å²) in [5.41, 5.74) is 1.18. The molecule has 2 N–H and O–H groups in total. The van der Waals surface area contributed by atoms with E-state index >= 15 is 0 Å². The highest BCUT2D eigenvalue weighted by Gasteiger charge is 2.21. The van der Waals surface area contributed by atoms with Crippen LogP contribution in [0.3, 0.4) is 0 Å². The number of nitrogens with zero attached hydrogens (tertiary/aromatic N) is 3. The molecule has 6 heteroatoms. The lowest BCUT2D eigenvalue weighted by Crippen LogP contribution is -2.37. The molecule has 2 aromatic carbocycles. The predicted octanol–water partition coefficient (Wildman–Crippen LogP) is 4.67. The lowest BCUT2D eigenvalue weighted by molar-refractivity contribution is 0.208. The Hall–Kier alpha value is -2.37. The molecule has 2 heterocycles.